The maximum absolute atomic E-state index is 12.4. The summed E-state index contributed by atoms with van der Waals surface area (Å²) in [5.74, 6) is 0. The quantitative estimate of drug-likeness (QED) is 0.830. The topological polar surface area (TPSA) is 36.2 Å². The van der Waals surface area contributed by atoms with E-state index in [1.807, 2.05) is 29.1 Å². The summed E-state index contributed by atoms with van der Waals surface area (Å²) in [7, 11) is 0. The molecule has 1 unspecified atom stereocenters. The summed E-state index contributed by atoms with van der Waals surface area (Å²) in [6.07, 6.45) is 6.21. The molecule has 0 spiro atoms. The van der Waals surface area contributed by atoms with Crippen LogP contribution in [0, 0.1) is 0 Å². The molecule has 0 N–H and O–H groups in total. The second-order valence-electron chi connectivity index (χ2n) is 4.81. The Morgan fingerprint density at radius 2 is 2.11 bits per heavy atom. The molecule has 1 fully saturated rings. The van der Waals surface area contributed by atoms with Gasteiger partial charge in [0.15, 0.2) is 0 Å². The highest BCUT2D eigenvalue weighted by molar-refractivity contribution is 5.78. The smallest absolute Gasteiger partial charge is 0.275 e. The summed E-state index contributed by atoms with van der Waals surface area (Å²) in [4.78, 5) is 12.4. The van der Waals surface area contributed by atoms with Crippen LogP contribution in [0.15, 0.2) is 29.3 Å². The van der Waals surface area contributed by atoms with Crippen LogP contribution in [0.3, 0.4) is 0 Å². The average molecular weight is 246 g/mol. The van der Waals surface area contributed by atoms with Crippen molar-refractivity contribution in [2.24, 2.45) is 0 Å². The summed E-state index contributed by atoms with van der Waals surface area (Å²) < 4.78 is 9.38. The SMILES string of the molecule is CCn1ccc2ccn(CC3CCCO3)c(=O)c21. The fourth-order valence-corrected chi connectivity index (χ4v) is 2.66. The van der Waals surface area contributed by atoms with Crippen LogP contribution in [0.25, 0.3) is 10.9 Å². The van der Waals surface area contributed by atoms with Crippen molar-refractivity contribution in [3.05, 3.63) is 34.9 Å². The molecule has 0 amide bonds. The Morgan fingerprint density at radius 3 is 2.78 bits per heavy atom. The molecule has 0 radical (unpaired) electrons. The van der Waals surface area contributed by atoms with Crippen LogP contribution in [0.2, 0.25) is 0 Å². The number of aromatic nitrogens is 2. The number of nitrogens with zero attached hydrogens (tertiary/aromatic N) is 2. The van der Waals surface area contributed by atoms with Gasteiger partial charge in [-0.1, -0.05) is 0 Å². The highest BCUT2D eigenvalue weighted by Crippen LogP contribution is 2.15. The molecular weight excluding hydrogens is 228 g/mol. The summed E-state index contributed by atoms with van der Waals surface area (Å²) in [5.41, 5.74) is 0.896. The minimum atomic E-state index is 0.0925. The lowest BCUT2D eigenvalue weighted by Crippen LogP contribution is -2.26. The predicted molar refractivity (Wildman–Crippen MR) is 70.8 cm³/mol. The zero-order valence-electron chi connectivity index (χ0n) is 10.6. The molecule has 96 valence electrons. The molecule has 3 heterocycles. The zero-order valence-corrected chi connectivity index (χ0v) is 10.6. The fraction of sp³-hybridized carbons (Fsp3) is 0.500. The van der Waals surface area contributed by atoms with Gasteiger partial charge in [-0.2, -0.15) is 0 Å². The maximum atomic E-state index is 12.4. The molecule has 0 aliphatic carbocycles. The molecular formula is C14H18N2O2. The van der Waals surface area contributed by atoms with Crippen molar-refractivity contribution >= 4 is 10.9 Å². The van der Waals surface area contributed by atoms with Crippen molar-refractivity contribution in [1.29, 1.82) is 0 Å². The predicted octanol–water partition coefficient (Wildman–Crippen LogP) is 2.00. The molecule has 0 saturated carbocycles. The minimum absolute atomic E-state index is 0.0925. The molecule has 2 aromatic rings. The van der Waals surface area contributed by atoms with Gasteiger partial charge in [0.25, 0.3) is 5.56 Å². The van der Waals surface area contributed by atoms with E-state index < -0.39 is 0 Å². The average Bonchev–Trinajstić information content (AvgIpc) is 3.01. The molecule has 2 aromatic heterocycles. The molecule has 0 aromatic carbocycles. The third kappa shape index (κ3) is 1.86. The summed E-state index contributed by atoms with van der Waals surface area (Å²) in [6, 6.07) is 4.01. The maximum Gasteiger partial charge on any atom is 0.275 e. The standard InChI is InChI=1S/C14H18N2O2/c1-2-15-7-5-11-6-8-16(14(17)13(11)15)10-12-4-3-9-18-12/h5-8,12H,2-4,9-10H2,1H3. The lowest BCUT2D eigenvalue weighted by Gasteiger charge is -2.12. The Labute approximate surface area is 106 Å². The second kappa shape index (κ2) is 4.61. The van der Waals surface area contributed by atoms with Crippen molar-refractivity contribution in [1.82, 2.24) is 9.13 Å². The third-order valence-corrected chi connectivity index (χ3v) is 3.66. The molecule has 1 aliphatic heterocycles. The van der Waals surface area contributed by atoms with Crippen molar-refractivity contribution in [3.63, 3.8) is 0 Å². The highest BCUT2D eigenvalue weighted by Gasteiger charge is 2.17. The van der Waals surface area contributed by atoms with E-state index in [0.717, 1.165) is 36.9 Å². The lowest BCUT2D eigenvalue weighted by atomic mass is 10.2. The van der Waals surface area contributed by atoms with Crippen LogP contribution in [-0.4, -0.2) is 21.8 Å². The third-order valence-electron chi connectivity index (χ3n) is 3.66. The van der Waals surface area contributed by atoms with Crippen molar-refractivity contribution in [2.45, 2.75) is 39.0 Å². The van der Waals surface area contributed by atoms with Gasteiger partial charge in [0.1, 0.15) is 5.52 Å². The van der Waals surface area contributed by atoms with Crippen molar-refractivity contribution in [3.8, 4) is 0 Å². The number of rotatable bonds is 3. The van der Waals surface area contributed by atoms with E-state index in [-0.39, 0.29) is 11.7 Å². The van der Waals surface area contributed by atoms with Gasteiger partial charge in [0, 0.05) is 30.9 Å². The van der Waals surface area contributed by atoms with E-state index in [2.05, 4.69) is 6.92 Å². The number of hydrogen-bond acceptors (Lipinski definition) is 2. The Bertz CT molecular complexity index is 606. The normalized spacial score (nSPS) is 19.7. The van der Waals surface area contributed by atoms with Crippen molar-refractivity contribution in [2.75, 3.05) is 6.61 Å². The summed E-state index contributed by atoms with van der Waals surface area (Å²) >= 11 is 0. The van der Waals surface area contributed by atoms with E-state index in [9.17, 15) is 4.79 Å². The van der Waals surface area contributed by atoms with Gasteiger partial charge in [-0.05, 0) is 31.9 Å². The number of ether oxygens (including phenoxy) is 1. The van der Waals surface area contributed by atoms with Gasteiger partial charge in [0.2, 0.25) is 0 Å². The van der Waals surface area contributed by atoms with Gasteiger partial charge in [-0.25, -0.2) is 0 Å². The van der Waals surface area contributed by atoms with Crippen LogP contribution in [0.1, 0.15) is 19.8 Å². The fourth-order valence-electron chi connectivity index (χ4n) is 2.66. The van der Waals surface area contributed by atoms with Crippen LogP contribution in [-0.2, 0) is 17.8 Å². The van der Waals surface area contributed by atoms with Crippen LogP contribution in [0.5, 0.6) is 0 Å². The number of hydrogen-bond donors (Lipinski definition) is 0. The minimum Gasteiger partial charge on any atom is -0.376 e. The molecule has 1 atom stereocenters. The first-order valence-corrected chi connectivity index (χ1v) is 6.59. The molecule has 18 heavy (non-hydrogen) atoms. The number of aryl methyl sites for hydroxylation is 1. The largest absolute Gasteiger partial charge is 0.376 e. The summed E-state index contributed by atoms with van der Waals surface area (Å²) in [5, 5.41) is 1.02. The monoisotopic (exact) mass is 246 g/mol. The molecule has 3 rings (SSSR count). The van der Waals surface area contributed by atoms with E-state index in [1.165, 1.54) is 0 Å². The van der Waals surface area contributed by atoms with Crippen LogP contribution >= 0.6 is 0 Å². The highest BCUT2D eigenvalue weighted by atomic mass is 16.5. The van der Waals surface area contributed by atoms with E-state index in [0.29, 0.717) is 6.54 Å². The Balaban J connectivity index is 2.01. The zero-order chi connectivity index (χ0) is 12.5. The Hall–Kier alpha value is -1.55. The number of pyridine rings is 1. The van der Waals surface area contributed by atoms with E-state index in [1.54, 1.807) is 4.57 Å². The van der Waals surface area contributed by atoms with Gasteiger partial charge < -0.3 is 13.9 Å². The molecule has 4 heteroatoms. The van der Waals surface area contributed by atoms with Crippen LogP contribution < -0.4 is 5.56 Å². The molecule has 1 aliphatic rings. The van der Waals surface area contributed by atoms with Gasteiger partial charge >= 0.3 is 0 Å². The van der Waals surface area contributed by atoms with E-state index >= 15 is 0 Å². The molecule has 1 saturated heterocycles. The van der Waals surface area contributed by atoms with Gasteiger partial charge in [-0.15, -0.1) is 0 Å². The molecule has 0 bridgehead atoms. The number of fused-ring (bicyclic) bond motifs is 1. The first-order chi connectivity index (χ1) is 8.79. The van der Waals surface area contributed by atoms with E-state index in [4.69, 9.17) is 4.74 Å². The van der Waals surface area contributed by atoms with Crippen molar-refractivity contribution < 1.29 is 4.74 Å². The first kappa shape index (κ1) is 11.5. The second-order valence-corrected chi connectivity index (χ2v) is 4.81. The van der Waals surface area contributed by atoms with Gasteiger partial charge in [-0.3, -0.25) is 4.79 Å². The van der Waals surface area contributed by atoms with Crippen LogP contribution in [0.4, 0.5) is 0 Å². The Kier molecular flexibility index (Phi) is 2.96. The first-order valence-electron chi connectivity index (χ1n) is 6.59. The summed E-state index contributed by atoms with van der Waals surface area (Å²) in [6.45, 7) is 4.37. The van der Waals surface area contributed by atoms with Gasteiger partial charge in [0.05, 0.1) is 12.6 Å². The lowest BCUT2D eigenvalue weighted by molar-refractivity contribution is 0.0963. The molecule has 4 nitrogen and oxygen atoms in total. The Morgan fingerprint density at radius 1 is 1.33 bits per heavy atom.